The van der Waals surface area contributed by atoms with Crippen LogP contribution in [0.4, 0.5) is 64.7 Å². The molecular weight excluding hydrogens is 1570 g/mol. The molecule has 0 bridgehead atoms. The molecule has 3 amide bonds. The quantitative estimate of drug-likeness (QED) is 0.0396. The van der Waals surface area contributed by atoms with E-state index < -0.39 is 17.5 Å². The first-order chi connectivity index (χ1) is 59.7. The van der Waals surface area contributed by atoms with Crippen LogP contribution in [0.15, 0.2) is 146 Å². The third-order valence-electron chi connectivity index (χ3n) is 23.5. The van der Waals surface area contributed by atoms with Gasteiger partial charge in [-0.1, -0.05) is 6.92 Å². The Balaban J connectivity index is 0.000000137. The lowest BCUT2D eigenvalue weighted by Crippen LogP contribution is -2.47. The van der Waals surface area contributed by atoms with Crippen molar-refractivity contribution in [1.29, 1.82) is 0 Å². The van der Waals surface area contributed by atoms with Crippen LogP contribution in [0.5, 0.6) is 34.9 Å². The number of ether oxygens (including phenoxy) is 3. The van der Waals surface area contributed by atoms with Gasteiger partial charge in [-0.3, -0.25) is 14.4 Å². The maximum absolute atomic E-state index is 15.5. The van der Waals surface area contributed by atoms with E-state index in [0.29, 0.717) is 89.4 Å². The maximum Gasteiger partial charge on any atom is 0.263 e. The highest BCUT2D eigenvalue weighted by molar-refractivity contribution is 6.04. The molecule has 123 heavy (non-hydrogen) atoms. The number of piperazine rings is 6. The lowest BCUT2D eigenvalue weighted by atomic mass is 10.2. The molecule has 0 spiro atoms. The summed E-state index contributed by atoms with van der Waals surface area (Å²) in [6, 6.07) is 39.3. The molecule has 6 aromatic heterocycles. The Morgan fingerprint density at radius 1 is 0.358 bits per heavy atom. The number of benzene rings is 6. The Morgan fingerprint density at radius 2 is 0.634 bits per heavy atom. The number of halogens is 3. The number of aryl methyl sites for hydroxylation is 3. The summed E-state index contributed by atoms with van der Waals surface area (Å²) in [5.41, 5.74) is 10.8. The van der Waals surface area contributed by atoms with Gasteiger partial charge in [0.25, 0.3) is 17.7 Å². The predicted molar refractivity (Wildman–Crippen MR) is 474 cm³/mol. The van der Waals surface area contributed by atoms with Crippen LogP contribution < -0.4 is 50.2 Å². The molecule has 12 aromatic rings. The highest BCUT2D eigenvalue weighted by Crippen LogP contribution is 2.40. The van der Waals surface area contributed by atoms with Crippen molar-refractivity contribution in [2.75, 3.05) is 222 Å². The van der Waals surface area contributed by atoms with E-state index in [1.807, 2.05) is 78.3 Å². The van der Waals surface area contributed by atoms with Gasteiger partial charge in [0, 0.05) is 241 Å². The molecule has 18 rings (SSSR count). The molecule has 0 aliphatic carbocycles. The van der Waals surface area contributed by atoms with E-state index in [2.05, 4.69) is 156 Å². The topological polar surface area (TPSA) is 287 Å². The minimum atomic E-state index is -0.517. The number of carbonyl (C=O) groups is 3. The molecule has 6 aliphatic heterocycles. The minimum Gasteiger partial charge on any atom is -0.435 e. The van der Waals surface area contributed by atoms with Gasteiger partial charge in [0.2, 0.25) is 17.6 Å². The number of nitrogens with zero attached hydrogens (tertiary/aromatic N) is 17. The molecule has 7 N–H and O–H groups in total. The number of anilines is 9. The van der Waals surface area contributed by atoms with Gasteiger partial charge in [-0.25, -0.2) is 43.1 Å². The van der Waals surface area contributed by atoms with E-state index >= 15 is 13.2 Å². The fourth-order valence-corrected chi connectivity index (χ4v) is 16.1. The average molecular weight is 1680 g/mol. The van der Waals surface area contributed by atoms with Crippen molar-refractivity contribution in [3.63, 3.8) is 0 Å². The number of amides is 3. The largest absolute Gasteiger partial charge is 0.435 e. The SMILES string of the molecule is CCN1CCN(c2ccc(Nc3ncnc(Oc4ccc5[nH]c(C)cc5c4F)c3C(=O)N3CCN(C)CC3)cc2)CC1.Cc1cc2c(F)c(Oc3ncnc(Nc4ccc(N5CCN(C)CC5)cc4)c3C(=O)N3CCN(C)CC3)ccc2[nH]1.Cc1cc2c(F)c(Oc3ncnc(Nc4ccc(N5CCNCC5)cc4)c3C(=O)N3CCN(C)CC3)ccc2[nH]1. The molecule has 642 valence electrons. The molecule has 0 saturated carbocycles. The van der Waals surface area contributed by atoms with Crippen LogP contribution >= 0.6 is 0 Å². The summed E-state index contributed by atoms with van der Waals surface area (Å²) in [6.07, 6.45) is 3.98. The van der Waals surface area contributed by atoms with Crippen molar-refractivity contribution in [2.45, 2.75) is 27.7 Å². The van der Waals surface area contributed by atoms with E-state index in [9.17, 15) is 14.4 Å². The molecule has 6 aliphatic rings. The number of fused-ring (bicyclic) bond motifs is 3. The molecule has 6 aromatic carbocycles. The molecule has 6 fully saturated rings. The Bertz CT molecular complexity index is 5710. The van der Waals surface area contributed by atoms with Crippen LogP contribution in [0.2, 0.25) is 0 Å². The van der Waals surface area contributed by atoms with Crippen molar-refractivity contribution >= 4 is 102 Å². The number of aromatic amines is 3. The fraction of sp³-hybridized carbons (Fsp3) is 0.367. The second-order valence-electron chi connectivity index (χ2n) is 32.1. The zero-order valence-electron chi connectivity index (χ0n) is 70.7. The van der Waals surface area contributed by atoms with Gasteiger partial charge in [-0.15, -0.1) is 0 Å². The fourth-order valence-electron chi connectivity index (χ4n) is 16.1. The van der Waals surface area contributed by atoms with Crippen LogP contribution in [0.1, 0.15) is 55.1 Å². The van der Waals surface area contributed by atoms with Crippen LogP contribution in [0.25, 0.3) is 32.7 Å². The number of hydrogen-bond acceptors (Lipinski definition) is 24. The standard InChI is InChI=1S/C31H37FN8O2.C30H35FN8O2.C29H33FN8O2/c1-4-38-13-17-39(18-14-38)23-7-5-22(6-8-23)36-29-27(31(41)40-15-11-37(3)12-16-40)30(34-20-33-29)42-26-10-9-25-24(28(26)32)19-21(2)35-25;1-20-18-23-24(34-20)8-9-25(27(23)31)41-29-26(30(40)39-16-12-37(3)13-17-39)28(32-19-33-29)35-21-4-6-22(7-5-21)38-14-10-36(2)11-15-38;1-19-17-22-23(34-19)7-8-24(26(22)30)40-28-25(29(39)38-15-13-36(2)14-16-38)27(32-18-33-28)35-20-3-5-21(6-4-20)37-11-9-31-10-12-37/h5-10,19-20,35H,4,11-18H2,1-3H3,(H,33,34,36);4-9,18-19,34H,10-17H2,1-3H3,(H,32,33,35);3-8,17-18,31,34H,9-16H2,1-2H3,(H,32,33,35). The highest BCUT2D eigenvalue weighted by Gasteiger charge is 2.34. The van der Waals surface area contributed by atoms with E-state index in [-0.39, 0.29) is 69.3 Å². The maximum atomic E-state index is 15.5. The van der Waals surface area contributed by atoms with Crippen molar-refractivity contribution < 1.29 is 41.8 Å². The number of H-pyrrole nitrogens is 3. The summed E-state index contributed by atoms with van der Waals surface area (Å²) in [5, 5.41) is 14.5. The third kappa shape index (κ3) is 19.5. The molecule has 12 heterocycles. The Hall–Kier alpha value is -12.7. The summed E-state index contributed by atoms with van der Waals surface area (Å²) < 4.78 is 64.4. The van der Waals surface area contributed by atoms with Gasteiger partial charge in [0.1, 0.15) is 35.7 Å². The number of rotatable bonds is 19. The molecule has 0 radical (unpaired) electrons. The zero-order chi connectivity index (χ0) is 85.4. The predicted octanol–water partition coefficient (Wildman–Crippen LogP) is 12.3. The van der Waals surface area contributed by atoms with Crippen molar-refractivity contribution in [3.05, 3.63) is 198 Å². The monoisotopic (exact) mass is 1670 g/mol. The van der Waals surface area contributed by atoms with E-state index in [4.69, 9.17) is 14.2 Å². The average Bonchev–Trinajstić information content (AvgIpc) is 1.76. The zero-order valence-corrected chi connectivity index (χ0v) is 70.7. The minimum absolute atomic E-state index is 0.00405. The first kappa shape index (κ1) is 84.0. The molecule has 33 heteroatoms. The molecule has 6 saturated heterocycles. The second-order valence-corrected chi connectivity index (χ2v) is 32.1. The normalized spacial score (nSPS) is 16.6. The van der Waals surface area contributed by atoms with Gasteiger partial charge in [-0.2, -0.15) is 0 Å². The van der Waals surface area contributed by atoms with Crippen LogP contribution in [0, 0.1) is 38.2 Å². The molecular formula is C90H105F3N24O6. The number of nitrogens with one attached hydrogen (secondary N) is 7. The molecule has 30 nitrogen and oxygen atoms in total. The number of likely N-dealkylation sites (N-methyl/N-ethyl adjacent to an activating group) is 5. The Labute approximate surface area is 712 Å². The van der Waals surface area contributed by atoms with Gasteiger partial charge >= 0.3 is 0 Å². The molecule has 0 unspecified atom stereocenters. The lowest BCUT2D eigenvalue weighted by molar-refractivity contribution is 0.0654. The Morgan fingerprint density at radius 3 is 0.927 bits per heavy atom. The van der Waals surface area contributed by atoms with Crippen LogP contribution in [0.3, 0.4) is 0 Å². The molecule has 0 atom stereocenters. The van der Waals surface area contributed by atoms with Crippen molar-refractivity contribution in [2.24, 2.45) is 0 Å². The number of aromatic nitrogens is 9. The smallest absolute Gasteiger partial charge is 0.263 e. The summed E-state index contributed by atoms with van der Waals surface area (Å²) in [7, 11) is 8.23. The van der Waals surface area contributed by atoms with Gasteiger partial charge in [-0.05, 0) is 183 Å². The van der Waals surface area contributed by atoms with Crippen molar-refractivity contribution in [1.82, 2.24) is 89.4 Å². The number of hydrogen-bond donors (Lipinski definition) is 7. The first-order valence-electron chi connectivity index (χ1n) is 42.0. The van der Waals surface area contributed by atoms with Gasteiger partial charge < -0.3 is 104 Å². The number of carbonyl (C=O) groups excluding carboxylic acids is 3. The first-order valence-corrected chi connectivity index (χ1v) is 42.0. The van der Waals surface area contributed by atoms with Gasteiger partial charge in [0.15, 0.2) is 52.2 Å². The summed E-state index contributed by atoms with van der Waals surface area (Å²) >= 11 is 0. The highest BCUT2D eigenvalue weighted by atomic mass is 19.1. The van der Waals surface area contributed by atoms with E-state index in [1.165, 1.54) is 19.0 Å². The Kier molecular flexibility index (Phi) is 25.8. The summed E-state index contributed by atoms with van der Waals surface area (Å²) in [4.78, 5) is 101. The summed E-state index contributed by atoms with van der Waals surface area (Å²) in [6.45, 7) is 28.7. The third-order valence-corrected chi connectivity index (χ3v) is 23.5. The second kappa shape index (κ2) is 37.8. The van der Waals surface area contributed by atoms with Crippen molar-refractivity contribution in [3.8, 4) is 34.9 Å². The summed E-state index contributed by atoms with van der Waals surface area (Å²) in [5.74, 6) is -1.41. The lowest BCUT2D eigenvalue weighted by Gasteiger charge is -2.35. The van der Waals surface area contributed by atoms with Crippen LogP contribution in [-0.2, 0) is 0 Å². The van der Waals surface area contributed by atoms with E-state index in [1.54, 1.807) is 69.3 Å². The van der Waals surface area contributed by atoms with Gasteiger partial charge in [0.05, 0.1) is 0 Å². The van der Waals surface area contributed by atoms with E-state index in [0.717, 1.165) is 176 Å². The van der Waals surface area contributed by atoms with Crippen LogP contribution in [-0.4, -0.2) is 294 Å².